The number of hydrogen-bond acceptors (Lipinski definition) is 5. The fourth-order valence-corrected chi connectivity index (χ4v) is 4.47. The van der Waals surface area contributed by atoms with Gasteiger partial charge in [-0.1, -0.05) is 24.3 Å². The van der Waals surface area contributed by atoms with Crippen molar-refractivity contribution in [2.45, 2.75) is 18.4 Å². The molecule has 150 valence electrons. The summed E-state index contributed by atoms with van der Waals surface area (Å²) in [5.74, 6) is -0.834. The van der Waals surface area contributed by atoms with E-state index in [0.717, 1.165) is 22.3 Å². The van der Waals surface area contributed by atoms with Gasteiger partial charge in [0.2, 0.25) is 10.0 Å². The molecule has 0 radical (unpaired) electrons. The fraction of sp³-hybridized carbons (Fsp3) is 0.250. The maximum atomic E-state index is 13.1. The van der Waals surface area contributed by atoms with Crippen LogP contribution < -0.4 is 10.0 Å². The van der Waals surface area contributed by atoms with Crippen LogP contribution in [0, 0.1) is 0 Å². The first kappa shape index (κ1) is 19.1. The van der Waals surface area contributed by atoms with Gasteiger partial charge in [-0.15, -0.1) is 0 Å². The molecule has 2 aromatic rings. The molecule has 29 heavy (non-hydrogen) atoms. The van der Waals surface area contributed by atoms with Crippen molar-refractivity contribution < 1.29 is 22.8 Å². The Kier molecular flexibility index (Phi) is 4.42. The molecule has 1 aliphatic heterocycles. The van der Waals surface area contributed by atoms with E-state index in [1.54, 1.807) is 0 Å². The van der Waals surface area contributed by atoms with Gasteiger partial charge >= 0.3 is 6.03 Å². The van der Waals surface area contributed by atoms with Crippen molar-refractivity contribution in [2.24, 2.45) is 0 Å². The topological polar surface area (TPSA) is 113 Å². The number of sulfonamides is 1. The van der Waals surface area contributed by atoms with Crippen molar-refractivity contribution in [3.63, 3.8) is 0 Å². The van der Waals surface area contributed by atoms with Gasteiger partial charge in [-0.3, -0.25) is 19.2 Å². The summed E-state index contributed by atoms with van der Waals surface area (Å²) in [5.41, 5.74) is 1.29. The van der Waals surface area contributed by atoms with Gasteiger partial charge in [0.05, 0.1) is 12.8 Å². The number of urea groups is 1. The van der Waals surface area contributed by atoms with Crippen molar-refractivity contribution in [3.8, 4) is 0 Å². The van der Waals surface area contributed by atoms with Crippen LogP contribution in [0.5, 0.6) is 0 Å². The lowest BCUT2D eigenvalue weighted by Crippen LogP contribution is -2.42. The molecule has 1 atom stereocenters. The summed E-state index contributed by atoms with van der Waals surface area (Å²) in [7, 11) is -3.42. The number of Topliss-reactive ketones (excluding diaryl/α,β-unsaturated/α-hetero) is 1. The summed E-state index contributed by atoms with van der Waals surface area (Å²) >= 11 is 0. The van der Waals surface area contributed by atoms with E-state index in [0.29, 0.717) is 18.5 Å². The van der Waals surface area contributed by atoms with Crippen LogP contribution >= 0.6 is 0 Å². The monoisotopic (exact) mass is 413 g/mol. The lowest BCUT2D eigenvalue weighted by atomic mass is 9.92. The van der Waals surface area contributed by atoms with Crippen molar-refractivity contribution in [1.29, 1.82) is 0 Å². The second kappa shape index (κ2) is 6.70. The Morgan fingerprint density at radius 2 is 1.83 bits per heavy atom. The molecule has 1 saturated heterocycles. The van der Waals surface area contributed by atoms with Crippen LogP contribution in [0.4, 0.5) is 10.5 Å². The van der Waals surface area contributed by atoms with Gasteiger partial charge in [0.25, 0.3) is 5.91 Å². The minimum Gasteiger partial charge on any atom is -0.319 e. The van der Waals surface area contributed by atoms with E-state index in [-0.39, 0.29) is 12.1 Å². The third-order valence-electron chi connectivity index (χ3n) is 5.23. The van der Waals surface area contributed by atoms with Crippen LogP contribution in [0.3, 0.4) is 0 Å². The van der Waals surface area contributed by atoms with Crippen LogP contribution in [0.2, 0.25) is 0 Å². The zero-order valence-corrected chi connectivity index (χ0v) is 16.5. The van der Waals surface area contributed by atoms with E-state index in [9.17, 15) is 22.8 Å². The molecular formula is C20H19N3O5S. The summed E-state index contributed by atoms with van der Waals surface area (Å²) in [4.78, 5) is 39.2. The minimum atomic E-state index is -3.42. The largest absolute Gasteiger partial charge is 0.325 e. The number of anilines is 1. The molecule has 1 aliphatic carbocycles. The molecule has 9 heteroatoms. The smallest absolute Gasteiger partial charge is 0.319 e. The van der Waals surface area contributed by atoms with E-state index in [2.05, 4.69) is 10.0 Å². The van der Waals surface area contributed by atoms with Crippen LogP contribution in [-0.4, -0.2) is 43.8 Å². The summed E-state index contributed by atoms with van der Waals surface area (Å²) in [6, 6.07) is 12.7. The van der Waals surface area contributed by atoms with E-state index in [1.807, 2.05) is 24.3 Å². The highest BCUT2D eigenvalue weighted by molar-refractivity contribution is 7.92. The van der Waals surface area contributed by atoms with Crippen LogP contribution in [-0.2, 0) is 26.8 Å². The normalized spacial score (nSPS) is 20.7. The molecule has 8 nitrogen and oxygen atoms in total. The Hall–Kier alpha value is -3.20. The highest BCUT2D eigenvalue weighted by Crippen LogP contribution is 2.41. The highest BCUT2D eigenvalue weighted by Gasteiger charge is 2.55. The number of carbonyl (C=O) groups is 3. The average Bonchev–Trinajstić information content (AvgIpc) is 3.15. The molecule has 1 fully saturated rings. The number of ketones is 1. The van der Waals surface area contributed by atoms with Crippen molar-refractivity contribution in [2.75, 3.05) is 17.5 Å². The summed E-state index contributed by atoms with van der Waals surface area (Å²) < 4.78 is 24.8. The standard InChI is InChI=1S/C20H19N3O5S/c1-29(27,28)22-15-8-6-14(7-9-15)17(24)12-23-18(25)20(21-19(23)26)11-10-13-4-2-3-5-16(13)20/h2-9,22H,10-12H2,1H3,(H,21,26)/t20-/m1/s1. The molecule has 0 aromatic heterocycles. The molecule has 1 heterocycles. The van der Waals surface area contributed by atoms with Crippen LogP contribution in [0.15, 0.2) is 48.5 Å². The molecule has 3 amide bonds. The number of amides is 3. The molecule has 4 rings (SSSR count). The molecule has 2 N–H and O–H groups in total. The van der Waals surface area contributed by atoms with Gasteiger partial charge in [0, 0.05) is 11.3 Å². The zero-order chi connectivity index (χ0) is 20.8. The number of hydrogen-bond donors (Lipinski definition) is 2. The van der Waals surface area contributed by atoms with Crippen molar-refractivity contribution >= 4 is 33.4 Å². The summed E-state index contributed by atoms with van der Waals surface area (Å²) in [6.45, 7) is -0.382. The molecule has 0 saturated carbocycles. The van der Waals surface area contributed by atoms with Crippen LogP contribution in [0.1, 0.15) is 27.9 Å². The first-order chi connectivity index (χ1) is 13.7. The Morgan fingerprint density at radius 3 is 2.52 bits per heavy atom. The number of nitrogens with one attached hydrogen (secondary N) is 2. The maximum Gasteiger partial charge on any atom is 0.325 e. The Morgan fingerprint density at radius 1 is 1.14 bits per heavy atom. The maximum absolute atomic E-state index is 13.1. The fourth-order valence-electron chi connectivity index (χ4n) is 3.91. The van der Waals surface area contributed by atoms with E-state index in [4.69, 9.17) is 0 Å². The van der Waals surface area contributed by atoms with Gasteiger partial charge in [-0.25, -0.2) is 13.2 Å². The summed E-state index contributed by atoms with van der Waals surface area (Å²) in [5, 5.41) is 2.79. The first-order valence-electron chi connectivity index (χ1n) is 9.03. The Balaban J connectivity index is 1.52. The van der Waals surface area contributed by atoms with Gasteiger partial charge in [0.1, 0.15) is 5.54 Å². The molecule has 2 aromatic carbocycles. The second-order valence-electron chi connectivity index (χ2n) is 7.26. The van der Waals surface area contributed by atoms with Gasteiger partial charge in [-0.2, -0.15) is 0 Å². The number of aryl methyl sites for hydroxylation is 1. The van der Waals surface area contributed by atoms with Crippen LogP contribution in [0.25, 0.3) is 0 Å². The minimum absolute atomic E-state index is 0.275. The Labute approximate surface area is 168 Å². The average molecular weight is 413 g/mol. The number of imide groups is 1. The van der Waals surface area contributed by atoms with E-state index >= 15 is 0 Å². The third kappa shape index (κ3) is 3.38. The lowest BCUT2D eigenvalue weighted by molar-refractivity contribution is -0.131. The molecule has 2 aliphatic rings. The van der Waals surface area contributed by atoms with Crippen molar-refractivity contribution in [3.05, 3.63) is 65.2 Å². The highest BCUT2D eigenvalue weighted by atomic mass is 32.2. The third-order valence-corrected chi connectivity index (χ3v) is 5.84. The molecule has 0 bridgehead atoms. The number of benzene rings is 2. The van der Waals surface area contributed by atoms with Gasteiger partial charge in [-0.05, 0) is 48.2 Å². The number of carbonyl (C=O) groups excluding carboxylic acids is 3. The predicted octanol–water partition coefficient (Wildman–Crippen LogP) is 1.63. The van der Waals surface area contributed by atoms with Gasteiger partial charge < -0.3 is 5.32 Å². The molecular weight excluding hydrogens is 394 g/mol. The zero-order valence-electron chi connectivity index (χ0n) is 15.6. The lowest BCUT2D eigenvalue weighted by Gasteiger charge is -2.22. The predicted molar refractivity (Wildman–Crippen MR) is 106 cm³/mol. The second-order valence-corrected chi connectivity index (χ2v) is 9.01. The number of fused-ring (bicyclic) bond motifs is 2. The Bertz CT molecular complexity index is 1130. The number of rotatable bonds is 5. The van der Waals surface area contributed by atoms with Gasteiger partial charge in [0.15, 0.2) is 5.78 Å². The number of nitrogens with zero attached hydrogens (tertiary/aromatic N) is 1. The van der Waals surface area contributed by atoms with Crippen molar-refractivity contribution in [1.82, 2.24) is 10.2 Å². The van der Waals surface area contributed by atoms with E-state index < -0.39 is 33.3 Å². The SMILES string of the molecule is CS(=O)(=O)Nc1ccc(C(=O)CN2C(=O)N[C@@]3(CCc4ccccc43)C2=O)cc1. The quantitative estimate of drug-likeness (QED) is 0.572. The van der Waals surface area contributed by atoms with E-state index in [1.165, 1.54) is 24.3 Å². The first-order valence-corrected chi connectivity index (χ1v) is 10.9. The molecule has 1 spiro atoms. The summed E-state index contributed by atoms with van der Waals surface area (Å²) in [6.07, 6.45) is 2.17. The molecule has 0 unspecified atom stereocenters.